The fourth-order valence-electron chi connectivity index (χ4n) is 3.33. The summed E-state index contributed by atoms with van der Waals surface area (Å²) in [6, 6.07) is 6.64. The van der Waals surface area contributed by atoms with Crippen LogP contribution in [0, 0.1) is 5.82 Å². The second-order valence-electron chi connectivity index (χ2n) is 6.50. The third-order valence-corrected chi connectivity index (χ3v) is 4.77. The Labute approximate surface area is 142 Å². The van der Waals surface area contributed by atoms with Crippen LogP contribution >= 0.6 is 0 Å². The Kier molecular flexibility index (Phi) is 6.04. The molecule has 3 rings (SSSR count). The summed E-state index contributed by atoms with van der Waals surface area (Å²) >= 11 is 0. The van der Waals surface area contributed by atoms with Gasteiger partial charge < -0.3 is 15.0 Å². The normalized spacial score (nSPS) is 21.9. The van der Waals surface area contributed by atoms with E-state index in [1.807, 2.05) is 11.0 Å². The summed E-state index contributed by atoms with van der Waals surface area (Å²) in [5.41, 5.74) is 0.638. The first-order valence-corrected chi connectivity index (χ1v) is 8.82. The predicted molar refractivity (Wildman–Crippen MR) is 90.5 cm³/mol. The highest BCUT2D eigenvalue weighted by molar-refractivity contribution is 5.74. The van der Waals surface area contributed by atoms with Crippen LogP contribution in [0.5, 0.6) is 0 Å². The van der Waals surface area contributed by atoms with Crippen molar-refractivity contribution in [3.8, 4) is 0 Å². The minimum absolute atomic E-state index is 0.0527. The van der Waals surface area contributed by atoms with E-state index in [-0.39, 0.29) is 11.8 Å². The molecule has 1 unspecified atom stereocenters. The maximum atomic E-state index is 13.5. The van der Waals surface area contributed by atoms with E-state index in [4.69, 9.17) is 4.74 Å². The highest BCUT2D eigenvalue weighted by Gasteiger charge is 2.24. The Bertz CT molecular complexity index is 541. The number of nitrogens with zero attached hydrogens (tertiary/aromatic N) is 2. The first-order chi connectivity index (χ1) is 11.7. The zero-order chi connectivity index (χ0) is 16.8. The SMILES string of the molecule is O=C(NCCc1ccccc1F)N1CCN(CC2CCCO2)CC1. The molecule has 0 saturated carbocycles. The lowest BCUT2D eigenvalue weighted by Gasteiger charge is -2.35. The van der Waals surface area contributed by atoms with Gasteiger partial charge in [0.1, 0.15) is 5.82 Å². The molecule has 6 heteroatoms. The number of carbonyl (C=O) groups excluding carboxylic acids is 1. The fourth-order valence-corrected chi connectivity index (χ4v) is 3.33. The number of rotatable bonds is 5. The molecule has 5 nitrogen and oxygen atoms in total. The molecule has 1 aromatic rings. The van der Waals surface area contributed by atoms with Gasteiger partial charge >= 0.3 is 6.03 Å². The van der Waals surface area contributed by atoms with Crippen molar-refractivity contribution in [2.45, 2.75) is 25.4 Å². The van der Waals surface area contributed by atoms with Crippen LogP contribution in [0.25, 0.3) is 0 Å². The lowest BCUT2D eigenvalue weighted by molar-refractivity contribution is 0.0561. The maximum absolute atomic E-state index is 13.5. The molecule has 2 saturated heterocycles. The number of amides is 2. The summed E-state index contributed by atoms with van der Waals surface area (Å²) in [7, 11) is 0. The summed E-state index contributed by atoms with van der Waals surface area (Å²) in [6.07, 6.45) is 3.19. The van der Waals surface area contributed by atoms with Crippen molar-refractivity contribution < 1.29 is 13.9 Å². The van der Waals surface area contributed by atoms with Crippen LogP contribution in [0.1, 0.15) is 18.4 Å². The number of hydrogen-bond donors (Lipinski definition) is 1. The van der Waals surface area contributed by atoms with Crippen LogP contribution in [0.4, 0.5) is 9.18 Å². The van der Waals surface area contributed by atoms with Gasteiger partial charge in [0.15, 0.2) is 0 Å². The third kappa shape index (κ3) is 4.68. The number of urea groups is 1. The van der Waals surface area contributed by atoms with Gasteiger partial charge in [-0.25, -0.2) is 9.18 Å². The number of piperazine rings is 1. The van der Waals surface area contributed by atoms with Gasteiger partial charge in [0.2, 0.25) is 0 Å². The van der Waals surface area contributed by atoms with Gasteiger partial charge in [-0.2, -0.15) is 0 Å². The molecule has 2 aliphatic rings. The summed E-state index contributed by atoms with van der Waals surface area (Å²) < 4.78 is 19.2. The van der Waals surface area contributed by atoms with Crippen LogP contribution in [0.3, 0.4) is 0 Å². The standard InChI is InChI=1S/C18H26FN3O2/c19-17-6-2-1-4-15(17)7-8-20-18(23)22-11-9-21(10-12-22)14-16-5-3-13-24-16/h1-2,4,6,16H,3,5,7-14H2,(H,20,23). The van der Waals surface area contributed by atoms with E-state index in [2.05, 4.69) is 10.2 Å². The van der Waals surface area contributed by atoms with Crippen molar-refractivity contribution in [2.75, 3.05) is 45.9 Å². The van der Waals surface area contributed by atoms with Crippen molar-refractivity contribution in [2.24, 2.45) is 0 Å². The fraction of sp³-hybridized carbons (Fsp3) is 0.611. The third-order valence-electron chi connectivity index (χ3n) is 4.77. The Balaban J connectivity index is 1.35. The number of benzene rings is 1. The van der Waals surface area contributed by atoms with Gasteiger partial charge in [0.05, 0.1) is 6.10 Å². The van der Waals surface area contributed by atoms with E-state index in [0.717, 1.165) is 52.2 Å². The molecule has 0 bridgehead atoms. The van der Waals surface area contributed by atoms with E-state index in [9.17, 15) is 9.18 Å². The largest absolute Gasteiger partial charge is 0.377 e. The molecule has 132 valence electrons. The molecule has 2 aliphatic heterocycles. The van der Waals surface area contributed by atoms with Gasteiger partial charge in [-0.15, -0.1) is 0 Å². The molecule has 2 fully saturated rings. The topological polar surface area (TPSA) is 44.8 Å². The van der Waals surface area contributed by atoms with Gasteiger partial charge in [0.25, 0.3) is 0 Å². The summed E-state index contributed by atoms with van der Waals surface area (Å²) in [4.78, 5) is 16.4. The highest BCUT2D eigenvalue weighted by Crippen LogP contribution is 2.14. The monoisotopic (exact) mass is 335 g/mol. The Hall–Kier alpha value is -1.66. The zero-order valence-corrected chi connectivity index (χ0v) is 14.0. The predicted octanol–water partition coefficient (Wildman–Crippen LogP) is 1.87. The molecule has 0 aromatic heterocycles. The van der Waals surface area contributed by atoms with Crippen molar-refractivity contribution in [1.82, 2.24) is 15.1 Å². The minimum Gasteiger partial charge on any atom is -0.377 e. The molecule has 2 heterocycles. The molecular formula is C18H26FN3O2. The maximum Gasteiger partial charge on any atom is 0.317 e. The van der Waals surface area contributed by atoms with Crippen LogP contribution < -0.4 is 5.32 Å². The first kappa shape index (κ1) is 17.2. The number of halogens is 1. The summed E-state index contributed by atoms with van der Waals surface area (Å²) in [6.45, 7) is 5.56. The summed E-state index contributed by atoms with van der Waals surface area (Å²) in [5.74, 6) is -0.213. The number of nitrogens with one attached hydrogen (secondary N) is 1. The van der Waals surface area contributed by atoms with Crippen molar-refractivity contribution in [3.05, 3.63) is 35.6 Å². The molecule has 0 spiro atoms. The molecule has 1 atom stereocenters. The van der Waals surface area contributed by atoms with E-state index >= 15 is 0 Å². The van der Waals surface area contributed by atoms with Crippen molar-refractivity contribution >= 4 is 6.03 Å². The van der Waals surface area contributed by atoms with Crippen LogP contribution in [-0.2, 0) is 11.2 Å². The Morgan fingerprint density at radius 1 is 1.25 bits per heavy atom. The average molecular weight is 335 g/mol. The van der Waals surface area contributed by atoms with Gasteiger partial charge in [-0.3, -0.25) is 4.90 Å². The van der Waals surface area contributed by atoms with Crippen molar-refractivity contribution in [1.29, 1.82) is 0 Å². The van der Waals surface area contributed by atoms with Crippen molar-refractivity contribution in [3.63, 3.8) is 0 Å². The smallest absolute Gasteiger partial charge is 0.317 e. The van der Waals surface area contributed by atoms with E-state index in [0.29, 0.717) is 24.6 Å². The molecule has 0 aliphatic carbocycles. The second kappa shape index (κ2) is 8.44. The molecule has 0 radical (unpaired) electrons. The molecule has 1 aromatic carbocycles. The van der Waals surface area contributed by atoms with E-state index < -0.39 is 0 Å². The van der Waals surface area contributed by atoms with Gasteiger partial charge in [-0.05, 0) is 30.9 Å². The second-order valence-corrected chi connectivity index (χ2v) is 6.50. The van der Waals surface area contributed by atoms with E-state index in [1.54, 1.807) is 12.1 Å². The quantitative estimate of drug-likeness (QED) is 0.893. The Morgan fingerprint density at radius 3 is 2.75 bits per heavy atom. The lowest BCUT2D eigenvalue weighted by Crippen LogP contribution is -2.53. The highest BCUT2D eigenvalue weighted by atomic mass is 19.1. The van der Waals surface area contributed by atoms with Crippen LogP contribution in [0.15, 0.2) is 24.3 Å². The van der Waals surface area contributed by atoms with Crippen LogP contribution in [0.2, 0.25) is 0 Å². The first-order valence-electron chi connectivity index (χ1n) is 8.82. The number of hydrogen-bond acceptors (Lipinski definition) is 3. The van der Waals surface area contributed by atoms with E-state index in [1.165, 1.54) is 6.07 Å². The molecule has 1 N–H and O–H groups in total. The summed E-state index contributed by atoms with van der Waals surface area (Å²) in [5, 5.41) is 2.89. The average Bonchev–Trinajstić information content (AvgIpc) is 3.10. The van der Waals surface area contributed by atoms with Gasteiger partial charge in [-0.1, -0.05) is 18.2 Å². The van der Waals surface area contributed by atoms with Gasteiger partial charge in [0, 0.05) is 45.9 Å². The molecule has 2 amide bonds. The molecule has 24 heavy (non-hydrogen) atoms. The Morgan fingerprint density at radius 2 is 2.04 bits per heavy atom. The van der Waals surface area contributed by atoms with Crippen LogP contribution in [-0.4, -0.2) is 67.8 Å². The minimum atomic E-state index is -0.213. The number of carbonyl (C=O) groups is 1. The number of ether oxygens (including phenoxy) is 1. The molecular weight excluding hydrogens is 309 g/mol. The lowest BCUT2D eigenvalue weighted by atomic mass is 10.1. The zero-order valence-electron chi connectivity index (χ0n) is 14.0.